The molecular formula is C14H17FN2O. The highest BCUT2D eigenvalue weighted by atomic mass is 19.1. The molecule has 1 saturated heterocycles. The van der Waals surface area contributed by atoms with Crippen molar-refractivity contribution in [3.8, 4) is 0 Å². The van der Waals surface area contributed by atoms with Crippen LogP contribution in [-0.4, -0.2) is 31.1 Å². The molecule has 1 aromatic carbocycles. The second kappa shape index (κ2) is 4.37. The number of rotatable bonds is 1. The minimum absolute atomic E-state index is 0.141. The third-order valence-corrected chi connectivity index (χ3v) is 3.65. The molecule has 0 saturated carbocycles. The molecule has 1 aliphatic heterocycles. The average Bonchev–Trinajstić information content (AvgIpc) is 2.74. The lowest BCUT2D eigenvalue weighted by atomic mass is 9.88. The van der Waals surface area contributed by atoms with Gasteiger partial charge in [0, 0.05) is 36.0 Å². The Morgan fingerprint density at radius 1 is 1.39 bits per heavy atom. The lowest BCUT2D eigenvalue weighted by Gasteiger charge is -2.34. The van der Waals surface area contributed by atoms with Crippen LogP contribution < -0.4 is 5.73 Å². The van der Waals surface area contributed by atoms with Crippen molar-refractivity contribution in [2.24, 2.45) is 5.73 Å². The molecule has 2 atom stereocenters. The molecule has 1 aromatic heterocycles. The number of likely N-dealkylation sites (tertiary alicyclic amines) is 1. The molecule has 4 heteroatoms. The van der Waals surface area contributed by atoms with E-state index in [0.29, 0.717) is 0 Å². The van der Waals surface area contributed by atoms with E-state index in [0.717, 1.165) is 36.0 Å². The van der Waals surface area contributed by atoms with Gasteiger partial charge in [0.2, 0.25) is 0 Å². The fraction of sp³-hybridized carbons (Fsp3) is 0.429. The van der Waals surface area contributed by atoms with Crippen LogP contribution in [-0.2, 0) is 0 Å². The lowest BCUT2D eigenvalue weighted by molar-refractivity contribution is 0.227. The average molecular weight is 248 g/mol. The number of hydrogen-bond donors (Lipinski definition) is 1. The first-order chi connectivity index (χ1) is 8.63. The number of hydrogen-bond acceptors (Lipinski definition) is 3. The third-order valence-electron chi connectivity index (χ3n) is 3.65. The van der Waals surface area contributed by atoms with Gasteiger partial charge in [0.1, 0.15) is 11.4 Å². The van der Waals surface area contributed by atoms with Crippen molar-refractivity contribution in [2.75, 3.05) is 20.1 Å². The first-order valence-corrected chi connectivity index (χ1v) is 6.24. The summed E-state index contributed by atoms with van der Waals surface area (Å²) in [5.74, 6) is 0.0313. The summed E-state index contributed by atoms with van der Waals surface area (Å²) in [5, 5.41) is 0.826. The van der Waals surface area contributed by atoms with E-state index in [2.05, 4.69) is 4.90 Å². The lowest BCUT2D eigenvalue weighted by Crippen LogP contribution is -2.44. The Kier molecular flexibility index (Phi) is 2.84. The molecule has 1 aliphatic rings. The van der Waals surface area contributed by atoms with Crippen molar-refractivity contribution in [1.29, 1.82) is 0 Å². The van der Waals surface area contributed by atoms with Crippen LogP contribution in [0.15, 0.2) is 28.9 Å². The summed E-state index contributed by atoms with van der Waals surface area (Å²) < 4.78 is 19.1. The van der Waals surface area contributed by atoms with E-state index < -0.39 is 0 Å². The molecule has 2 N–H and O–H groups in total. The summed E-state index contributed by atoms with van der Waals surface area (Å²) in [6.07, 6.45) is 2.49. The predicted octanol–water partition coefficient (Wildman–Crippen LogP) is 2.32. The fourth-order valence-corrected chi connectivity index (χ4v) is 2.97. The van der Waals surface area contributed by atoms with E-state index in [1.807, 2.05) is 7.05 Å². The Hall–Kier alpha value is -1.39. The molecular weight excluding hydrogens is 231 g/mol. The molecule has 0 spiro atoms. The summed E-state index contributed by atoms with van der Waals surface area (Å²) in [7, 11) is 2.05. The Bertz CT molecular complexity index is 556. The zero-order chi connectivity index (χ0) is 12.7. The van der Waals surface area contributed by atoms with E-state index in [9.17, 15) is 4.39 Å². The normalized spacial score (nSPS) is 25.7. The minimum Gasteiger partial charge on any atom is -0.464 e. The van der Waals surface area contributed by atoms with Crippen molar-refractivity contribution in [3.05, 3.63) is 35.8 Å². The maximum Gasteiger partial charge on any atom is 0.137 e. The van der Waals surface area contributed by atoms with Crippen molar-refractivity contribution in [3.63, 3.8) is 0 Å². The first-order valence-electron chi connectivity index (χ1n) is 6.24. The van der Waals surface area contributed by atoms with Crippen LogP contribution in [0.25, 0.3) is 11.0 Å². The van der Waals surface area contributed by atoms with Gasteiger partial charge in [0.25, 0.3) is 0 Å². The summed E-state index contributed by atoms with van der Waals surface area (Å²) in [6.45, 7) is 1.79. The largest absolute Gasteiger partial charge is 0.464 e. The summed E-state index contributed by atoms with van der Waals surface area (Å²) in [4.78, 5) is 2.19. The zero-order valence-electron chi connectivity index (χ0n) is 10.4. The maximum absolute atomic E-state index is 13.6. The highest BCUT2D eigenvalue weighted by Gasteiger charge is 2.26. The number of nitrogens with zero attached hydrogens (tertiary/aromatic N) is 1. The monoisotopic (exact) mass is 248 g/mol. The van der Waals surface area contributed by atoms with Gasteiger partial charge in [-0.1, -0.05) is 0 Å². The van der Waals surface area contributed by atoms with Gasteiger partial charge in [-0.15, -0.1) is 0 Å². The van der Waals surface area contributed by atoms with E-state index in [1.54, 1.807) is 18.4 Å². The Morgan fingerprint density at radius 2 is 2.22 bits per heavy atom. The molecule has 96 valence electrons. The highest BCUT2D eigenvalue weighted by Crippen LogP contribution is 2.32. The molecule has 0 radical (unpaired) electrons. The van der Waals surface area contributed by atoms with Gasteiger partial charge in [-0.3, -0.25) is 0 Å². The van der Waals surface area contributed by atoms with E-state index in [-0.39, 0.29) is 17.8 Å². The quantitative estimate of drug-likeness (QED) is 0.842. The molecule has 3 nitrogen and oxygen atoms in total. The van der Waals surface area contributed by atoms with Gasteiger partial charge in [0.15, 0.2) is 0 Å². The number of piperidine rings is 1. The SMILES string of the molecule is CN1CC(N)CC(c2cc(F)cc3ccoc23)C1. The van der Waals surface area contributed by atoms with Gasteiger partial charge < -0.3 is 15.1 Å². The second-order valence-electron chi connectivity index (χ2n) is 5.25. The highest BCUT2D eigenvalue weighted by molar-refractivity contribution is 5.81. The number of nitrogens with two attached hydrogens (primary N) is 1. The number of benzene rings is 1. The van der Waals surface area contributed by atoms with Crippen LogP contribution in [0, 0.1) is 5.82 Å². The van der Waals surface area contributed by atoms with Crippen LogP contribution in [0.5, 0.6) is 0 Å². The summed E-state index contributed by atoms with van der Waals surface area (Å²) in [5.41, 5.74) is 7.78. The van der Waals surface area contributed by atoms with E-state index >= 15 is 0 Å². The van der Waals surface area contributed by atoms with Gasteiger partial charge in [0.05, 0.1) is 6.26 Å². The first kappa shape index (κ1) is 11.7. The summed E-state index contributed by atoms with van der Waals surface area (Å²) >= 11 is 0. The third kappa shape index (κ3) is 2.02. The van der Waals surface area contributed by atoms with Crippen LogP contribution >= 0.6 is 0 Å². The molecule has 18 heavy (non-hydrogen) atoms. The molecule has 0 bridgehead atoms. The molecule has 2 heterocycles. The van der Waals surface area contributed by atoms with Crippen LogP contribution in [0.1, 0.15) is 17.9 Å². The summed E-state index contributed by atoms with van der Waals surface area (Å²) in [6, 6.07) is 5.04. The van der Waals surface area contributed by atoms with Gasteiger partial charge in [-0.25, -0.2) is 4.39 Å². The van der Waals surface area contributed by atoms with Crippen molar-refractivity contribution in [2.45, 2.75) is 18.4 Å². The topological polar surface area (TPSA) is 42.4 Å². The van der Waals surface area contributed by atoms with Gasteiger partial charge in [-0.2, -0.15) is 0 Å². The number of likely N-dealkylation sites (N-methyl/N-ethyl adjacent to an activating group) is 1. The number of fused-ring (bicyclic) bond motifs is 1. The number of halogens is 1. The number of furan rings is 1. The van der Waals surface area contributed by atoms with Crippen molar-refractivity contribution < 1.29 is 8.81 Å². The van der Waals surface area contributed by atoms with Crippen LogP contribution in [0.2, 0.25) is 0 Å². The maximum atomic E-state index is 13.6. The smallest absolute Gasteiger partial charge is 0.137 e. The van der Waals surface area contributed by atoms with Crippen molar-refractivity contribution in [1.82, 2.24) is 4.90 Å². The molecule has 2 aromatic rings. The molecule has 0 amide bonds. The van der Waals surface area contributed by atoms with E-state index in [4.69, 9.17) is 10.2 Å². The molecule has 3 rings (SSSR count). The van der Waals surface area contributed by atoms with Gasteiger partial charge >= 0.3 is 0 Å². The molecule has 0 aliphatic carbocycles. The van der Waals surface area contributed by atoms with Crippen LogP contribution in [0.4, 0.5) is 4.39 Å². The molecule has 2 unspecified atom stereocenters. The Labute approximate surface area is 105 Å². The Balaban J connectivity index is 2.05. The zero-order valence-corrected chi connectivity index (χ0v) is 10.4. The second-order valence-corrected chi connectivity index (χ2v) is 5.25. The minimum atomic E-state index is -0.208. The van der Waals surface area contributed by atoms with Crippen LogP contribution in [0.3, 0.4) is 0 Å². The van der Waals surface area contributed by atoms with Crippen molar-refractivity contribution >= 4 is 11.0 Å². The fourth-order valence-electron chi connectivity index (χ4n) is 2.97. The Morgan fingerprint density at radius 3 is 3.00 bits per heavy atom. The van der Waals surface area contributed by atoms with Gasteiger partial charge in [-0.05, 0) is 31.7 Å². The standard InChI is InChI=1S/C14H17FN2O/c1-17-7-10(5-12(16)8-17)13-6-11(15)4-9-2-3-18-14(9)13/h2-4,6,10,12H,5,7-8,16H2,1H3. The predicted molar refractivity (Wildman–Crippen MR) is 69.0 cm³/mol. The van der Waals surface area contributed by atoms with E-state index in [1.165, 1.54) is 6.07 Å². The molecule has 1 fully saturated rings.